The van der Waals surface area contributed by atoms with Crippen molar-refractivity contribution in [3.63, 3.8) is 0 Å². The van der Waals surface area contributed by atoms with Crippen LogP contribution >= 0.6 is 11.6 Å². The summed E-state index contributed by atoms with van der Waals surface area (Å²) in [6.07, 6.45) is 1.69. The Bertz CT molecular complexity index is 567. The maximum absolute atomic E-state index is 5.91. The van der Waals surface area contributed by atoms with Crippen molar-refractivity contribution in [1.82, 2.24) is 15.2 Å². The SMILES string of the molecule is Cc1cnc(C(C)Nc2nnc(Cl)c(C)c2C)o1. The van der Waals surface area contributed by atoms with Gasteiger partial charge in [-0.25, -0.2) is 4.98 Å². The second-order valence-corrected chi connectivity index (χ2v) is 4.62. The summed E-state index contributed by atoms with van der Waals surface area (Å²) in [5.41, 5.74) is 1.90. The van der Waals surface area contributed by atoms with Gasteiger partial charge in [-0.3, -0.25) is 0 Å². The Morgan fingerprint density at radius 1 is 1.22 bits per heavy atom. The molecular formula is C12H15ClN4O. The number of nitrogens with zero attached hydrogens (tertiary/aromatic N) is 3. The molecule has 2 rings (SSSR count). The normalized spacial score (nSPS) is 12.5. The van der Waals surface area contributed by atoms with Gasteiger partial charge in [0.15, 0.2) is 11.0 Å². The molecule has 0 saturated heterocycles. The van der Waals surface area contributed by atoms with Gasteiger partial charge < -0.3 is 9.73 Å². The molecule has 0 radical (unpaired) electrons. The second-order valence-electron chi connectivity index (χ2n) is 4.26. The summed E-state index contributed by atoms with van der Waals surface area (Å²) >= 11 is 5.91. The lowest BCUT2D eigenvalue weighted by atomic mass is 10.2. The van der Waals surface area contributed by atoms with Crippen molar-refractivity contribution in [2.24, 2.45) is 0 Å². The minimum Gasteiger partial charge on any atom is -0.444 e. The lowest BCUT2D eigenvalue weighted by Crippen LogP contribution is -2.11. The van der Waals surface area contributed by atoms with Crippen LogP contribution in [0.3, 0.4) is 0 Å². The molecule has 0 saturated carbocycles. The standard InChI is InChI=1S/C12H15ClN4O/c1-6-5-14-12(18-6)9(4)15-11-8(3)7(2)10(13)16-17-11/h5,9H,1-4H3,(H,15,17). The third kappa shape index (κ3) is 2.46. The summed E-state index contributed by atoms with van der Waals surface area (Å²) in [7, 11) is 0. The molecule has 5 nitrogen and oxygen atoms in total. The molecule has 0 aliphatic carbocycles. The van der Waals surface area contributed by atoms with Gasteiger partial charge in [-0.2, -0.15) is 0 Å². The van der Waals surface area contributed by atoms with Crippen molar-refractivity contribution in [3.8, 4) is 0 Å². The van der Waals surface area contributed by atoms with E-state index in [0.717, 1.165) is 16.9 Å². The maximum Gasteiger partial charge on any atom is 0.216 e. The Kier molecular flexibility index (Phi) is 3.52. The van der Waals surface area contributed by atoms with Gasteiger partial charge in [-0.1, -0.05) is 11.6 Å². The Morgan fingerprint density at radius 3 is 2.56 bits per heavy atom. The zero-order valence-electron chi connectivity index (χ0n) is 10.8. The molecule has 2 heterocycles. The molecule has 0 fully saturated rings. The van der Waals surface area contributed by atoms with Crippen LogP contribution in [0, 0.1) is 20.8 Å². The number of halogens is 1. The van der Waals surface area contributed by atoms with Crippen molar-refractivity contribution >= 4 is 17.4 Å². The zero-order chi connectivity index (χ0) is 13.3. The average molecular weight is 267 g/mol. The molecule has 96 valence electrons. The Morgan fingerprint density at radius 2 is 1.94 bits per heavy atom. The summed E-state index contributed by atoms with van der Waals surface area (Å²) < 4.78 is 5.46. The predicted octanol–water partition coefficient (Wildman–Crippen LogP) is 3.22. The Hall–Kier alpha value is -1.62. The molecule has 1 atom stereocenters. The van der Waals surface area contributed by atoms with Gasteiger partial charge in [0.05, 0.1) is 6.20 Å². The Labute approximate surface area is 111 Å². The van der Waals surface area contributed by atoms with Crippen molar-refractivity contribution < 1.29 is 4.42 Å². The molecule has 0 aromatic carbocycles. The summed E-state index contributed by atoms with van der Waals surface area (Å²) in [4.78, 5) is 4.18. The minimum absolute atomic E-state index is 0.0766. The average Bonchev–Trinajstić information content (AvgIpc) is 2.77. The third-order valence-electron chi connectivity index (χ3n) is 2.83. The van der Waals surface area contributed by atoms with E-state index >= 15 is 0 Å². The highest BCUT2D eigenvalue weighted by molar-refractivity contribution is 6.30. The van der Waals surface area contributed by atoms with Crippen molar-refractivity contribution in [2.75, 3.05) is 5.32 Å². The van der Waals surface area contributed by atoms with E-state index in [-0.39, 0.29) is 6.04 Å². The fraction of sp³-hybridized carbons (Fsp3) is 0.417. The monoisotopic (exact) mass is 266 g/mol. The summed E-state index contributed by atoms with van der Waals surface area (Å²) in [5, 5.41) is 11.6. The number of anilines is 1. The molecule has 2 aromatic heterocycles. The predicted molar refractivity (Wildman–Crippen MR) is 69.8 cm³/mol. The first-order chi connectivity index (χ1) is 8.49. The fourth-order valence-corrected chi connectivity index (χ4v) is 1.73. The van der Waals surface area contributed by atoms with Gasteiger partial charge in [0.1, 0.15) is 11.8 Å². The van der Waals surface area contributed by atoms with Crippen molar-refractivity contribution in [2.45, 2.75) is 33.7 Å². The molecule has 0 amide bonds. The van der Waals surface area contributed by atoms with Gasteiger partial charge in [0.25, 0.3) is 0 Å². The number of rotatable bonds is 3. The molecule has 1 unspecified atom stereocenters. The van der Waals surface area contributed by atoms with E-state index < -0.39 is 0 Å². The van der Waals surface area contributed by atoms with Gasteiger partial charge >= 0.3 is 0 Å². The van der Waals surface area contributed by atoms with Crippen LogP contribution in [-0.2, 0) is 0 Å². The van der Waals surface area contributed by atoms with E-state index in [4.69, 9.17) is 16.0 Å². The van der Waals surface area contributed by atoms with Crippen LogP contribution in [0.25, 0.3) is 0 Å². The van der Waals surface area contributed by atoms with E-state index in [9.17, 15) is 0 Å². The van der Waals surface area contributed by atoms with Crippen LogP contribution < -0.4 is 5.32 Å². The highest BCUT2D eigenvalue weighted by atomic mass is 35.5. The first-order valence-corrected chi connectivity index (χ1v) is 6.05. The number of hydrogen-bond acceptors (Lipinski definition) is 5. The molecule has 0 aliphatic heterocycles. The maximum atomic E-state index is 5.91. The second kappa shape index (κ2) is 4.94. The third-order valence-corrected chi connectivity index (χ3v) is 3.19. The van der Waals surface area contributed by atoms with Gasteiger partial charge in [-0.15, -0.1) is 10.2 Å². The van der Waals surface area contributed by atoms with E-state index in [0.29, 0.717) is 16.9 Å². The van der Waals surface area contributed by atoms with Crippen LogP contribution in [0.2, 0.25) is 5.15 Å². The van der Waals surface area contributed by atoms with Crippen LogP contribution in [-0.4, -0.2) is 15.2 Å². The minimum atomic E-state index is -0.0766. The van der Waals surface area contributed by atoms with Crippen molar-refractivity contribution in [1.29, 1.82) is 0 Å². The highest BCUT2D eigenvalue weighted by Gasteiger charge is 2.15. The molecule has 0 bridgehead atoms. The first-order valence-electron chi connectivity index (χ1n) is 5.67. The smallest absolute Gasteiger partial charge is 0.216 e. The molecular weight excluding hydrogens is 252 g/mol. The van der Waals surface area contributed by atoms with E-state index in [1.165, 1.54) is 0 Å². The zero-order valence-corrected chi connectivity index (χ0v) is 11.5. The lowest BCUT2D eigenvalue weighted by molar-refractivity contribution is 0.453. The molecule has 1 N–H and O–H groups in total. The first kappa shape index (κ1) is 12.8. The molecule has 0 aliphatic rings. The van der Waals surface area contributed by atoms with Crippen LogP contribution in [0.1, 0.15) is 35.7 Å². The van der Waals surface area contributed by atoms with E-state index in [1.807, 2.05) is 27.7 Å². The molecule has 18 heavy (non-hydrogen) atoms. The largest absolute Gasteiger partial charge is 0.444 e. The van der Waals surface area contributed by atoms with Gasteiger partial charge in [0.2, 0.25) is 5.89 Å². The quantitative estimate of drug-likeness (QED) is 0.924. The molecule has 2 aromatic rings. The van der Waals surface area contributed by atoms with E-state index in [1.54, 1.807) is 6.20 Å². The Balaban J connectivity index is 2.22. The number of aromatic nitrogens is 3. The summed E-state index contributed by atoms with van der Waals surface area (Å²) in [6.45, 7) is 7.68. The van der Waals surface area contributed by atoms with Gasteiger partial charge in [-0.05, 0) is 38.8 Å². The summed E-state index contributed by atoms with van der Waals surface area (Å²) in [5.74, 6) is 2.11. The number of aryl methyl sites for hydroxylation is 1. The highest BCUT2D eigenvalue weighted by Crippen LogP contribution is 2.24. The van der Waals surface area contributed by atoms with E-state index in [2.05, 4.69) is 20.5 Å². The molecule has 0 spiro atoms. The molecule has 6 heteroatoms. The summed E-state index contributed by atoms with van der Waals surface area (Å²) in [6, 6.07) is -0.0766. The van der Waals surface area contributed by atoms with Crippen LogP contribution in [0.5, 0.6) is 0 Å². The number of nitrogens with one attached hydrogen (secondary N) is 1. The number of oxazole rings is 1. The fourth-order valence-electron chi connectivity index (χ4n) is 1.55. The van der Waals surface area contributed by atoms with Crippen LogP contribution in [0.4, 0.5) is 5.82 Å². The van der Waals surface area contributed by atoms with Gasteiger partial charge in [0, 0.05) is 0 Å². The van der Waals surface area contributed by atoms with Crippen molar-refractivity contribution in [3.05, 3.63) is 34.1 Å². The topological polar surface area (TPSA) is 63.8 Å². The lowest BCUT2D eigenvalue weighted by Gasteiger charge is -2.14. The van der Waals surface area contributed by atoms with Crippen LogP contribution in [0.15, 0.2) is 10.6 Å². The number of hydrogen-bond donors (Lipinski definition) is 1.